The van der Waals surface area contributed by atoms with Crippen molar-refractivity contribution in [2.45, 2.75) is 45.1 Å². The van der Waals surface area contributed by atoms with Crippen molar-refractivity contribution in [3.05, 3.63) is 0 Å². The van der Waals surface area contributed by atoms with Crippen LogP contribution in [0, 0.1) is 5.41 Å². The molecule has 1 aliphatic carbocycles. The van der Waals surface area contributed by atoms with Gasteiger partial charge in [-0.15, -0.1) is 0 Å². The van der Waals surface area contributed by atoms with Crippen LogP contribution in [0.5, 0.6) is 0 Å². The van der Waals surface area contributed by atoms with Gasteiger partial charge in [-0.1, -0.05) is 6.92 Å². The molecule has 2 saturated heterocycles. The Balaban J connectivity index is 2.11. The van der Waals surface area contributed by atoms with E-state index < -0.39 is 0 Å². The second kappa shape index (κ2) is 3.54. The van der Waals surface area contributed by atoms with Gasteiger partial charge >= 0.3 is 0 Å². The molecule has 0 aromatic carbocycles. The van der Waals surface area contributed by atoms with E-state index in [1.165, 1.54) is 19.3 Å². The van der Waals surface area contributed by atoms with Crippen molar-refractivity contribution in [2.75, 3.05) is 13.1 Å². The van der Waals surface area contributed by atoms with Crippen molar-refractivity contribution >= 4 is 5.91 Å². The van der Waals surface area contributed by atoms with Crippen molar-refractivity contribution in [3.63, 3.8) is 0 Å². The monoisotopic (exact) mass is 196 g/mol. The van der Waals surface area contributed by atoms with Crippen molar-refractivity contribution in [1.82, 2.24) is 4.90 Å². The van der Waals surface area contributed by atoms with Crippen LogP contribution in [0.25, 0.3) is 0 Å². The van der Waals surface area contributed by atoms with Crippen molar-refractivity contribution in [3.8, 4) is 0 Å². The Morgan fingerprint density at radius 2 is 2.14 bits per heavy atom. The predicted molar refractivity (Wildman–Crippen MR) is 55.7 cm³/mol. The number of amides is 1. The van der Waals surface area contributed by atoms with Gasteiger partial charge in [0.1, 0.15) is 0 Å². The van der Waals surface area contributed by atoms with Gasteiger partial charge in [0.2, 0.25) is 5.91 Å². The number of piperidine rings is 2. The number of carbonyl (C=O) groups excluding carboxylic acids is 1. The number of hydrogen-bond donors (Lipinski definition) is 1. The highest BCUT2D eigenvalue weighted by molar-refractivity contribution is 5.81. The summed E-state index contributed by atoms with van der Waals surface area (Å²) in [4.78, 5) is 13.9. The molecule has 2 bridgehead atoms. The molecular weight excluding hydrogens is 176 g/mol. The molecule has 3 heteroatoms. The fraction of sp³-hybridized carbons (Fsp3) is 0.909. The minimum absolute atomic E-state index is 0.0725. The zero-order valence-corrected chi connectivity index (χ0v) is 8.96. The summed E-state index contributed by atoms with van der Waals surface area (Å²) < 4.78 is 0. The summed E-state index contributed by atoms with van der Waals surface area (Å²) >= 11 is 0. The number of hydrogen-bond acceptors (Lipinski definition) is 2. The third-order valence-electron chi connectivity index (χ3n) is 3.97. The van der Waals surface area contributed by atoms with Crippen LogP contribution < -0.4 is 5.73 Å². The van der Waals surface area contributed by atoms with Gasteiger partial charge in [0.15, 0.2) is 0 Å². The summed E-state index contributed by atoms with van der Waals surface area (Å²) in [6.07, 6.45) is 5.55. The standard InChI is InChI=1S/C11H20N2O/c1-2-7-13-8-11(10(12)14)5-3-9(13)4-6-11/h9H,2-8H2,1H3,(H2,12,14). The first-order valence-corrected chi connectivity index (χ1v) is 5.72. The highest BCUT2D eigenvalue weighted by Crippen LogP contribution is 2.44. The summed E-state index contributed by atoms with van der Waals surface area (Å²) in [7, 11) is 0. The van der Waals surface area contributed by atoms with E-state index in [0.717, 1.165) is 32.0 Å². The van der Waals surface area contributed by atoms with E-state index in [9.17, 15) is 4.79 Å². The van der Waals surface area contributed by atoms with Crippen LogP contribution in [0.15, 0.2) is 0 Å². The molecule has 1 amide bonds. The second-order valence-electron chi connectivity index (χ2n) is 4.85. The molecule has 2 heterocycles. The lowest BCUT2D eigenvalue weighted by Crippen LogP contribution is -2.58. The molecule has 0 aromatic heterocycles. The van der Waals surface area contributed by atoms with E-state index in [1.807, 2.05) is 0 Å². The van der Waals surface area contributed by atoms with Gasteiger partial charge in [-0.25, -0.2) is 0 Å². The molecule has 0 radical (unpaired) electrons. The van der Waals surface area contributed by atoms with Crippen LogP contribution in [0.4, 0.5) is 0 Å². The first-order valence-electron chi connectivity index (χ1n) is 5.72. The fourth-order valence-corrected chi connectivity index (χ4v) is 3.07. The average molecular weight is 196 g/mol. The SMILES string of the molecule is CCCN1CC2(C(N)=O)CCC1CC2. The molecule has 2 aliphatic heterocycles. The van der Waals surface area contributed by atoms with Gasteiger partial charge in [0.05, 0.1) is 5.41 Å². The number of rotatable bonds is 3. The topological polar surface area (TPSA) is 46.3 Å². The Morgan fingerprint density at radius 3 is 2.64 bits per heavy atom. The Bertz CT molecular complexity index is 231. The van der Waals surface area contributed by atoms with E-state index in [1.54, 1.807) is 0 Å². The summed E-state index contributed by atoms with van der Waals surface area (Å²) in [6, 6.07) is 0.733. The summed E-state index contributed by atoms with van der Waals surface area (Å²) in [5.74, 6) is -0.0725. The molecule has 3 aliphatic rings. The van der Waals surface area contributed by atoms with Gasteiger partial charge < -0.3 is 5.73 Å². The lowest BCUT2D eigenvalue weighted by Gasteiger charge is -2.51. The largest absolute Gasteiger partial charge is 0.369 e. The molecule has 80 valence electrons. The second-order valence-corrected chi connectivity index (χ2v) is 4.85. The van der Waals surface area contributed by atoms with Gasteiger partial charge in [-0.3, -0.25) is 9.69 Å². The number of carbonyl (C=O) groups is 1. The van der Waals surface area contributed by atoms with E-state index in [-0.39, 0.29) is 11.3 Å². The zero-order chi connectivity index (χ0) is 10.2. The smallest absolute Gasteiger partial charge is 0.224 e. The zero-order valence-electron chi connectivity index (χ0n) is 8.96. The number of nitrogens with two attached hydrogens (primary N) is 1. The third kappa shape index (κ3) is 1.44. The molecule has 2 N–H and O–H groups in total. The van der Waals surface area contributed by atoms with Gasteiger partial charge in [-0.2, -0.15) is 0 Å². The lowest BCUT2D eigenvalue weighted by atomic mass is 9.67. The summed E-state index contributed by atoms with van der Waals surface area (Å²) in [6.45, 7) is 4.24. The Labute approximate surface area is 85.6 Å². The fourth-order valence-electron chi connectivity index (χ4n) is 3.07. The van der Waals surface area contributed by atoms with Crippen LogP contribution in [0.1, 0.15) is 39.0 Å². The van der Waals surface area contributed by atoms with Gasteiger partial charge in [0.25, 0.3) is 0 Å². The minimum atomic E-state index is -0.177. The molecule has 0 aromatic rings. The van der Waals surface area contributed by atoms with Crippen molar-refractivity contribution in [2.24, 2.45) is 11.1 Å². The normalized spacial score (nSPS) is 37.4. The highest BCUT2D eigenvalue weighted by Gasteiger charge is 2.47. The number of fused-ring (bicyclic) bond motifs is 3. The number of primary amides is 1. The van der Waals surface area contributed by atoms with Crippen molar-refractivity contribution < 1.29 is 4.79 Å². The van der Waals surface area contributed by atoms with Crippen molar-refractivity contribution in [1.29, 1.82) is 0 Å². The Hall–Kier alpha value is -0.570. The van der Waals surface area contributed by atoms with Crippen LogP contribution in [-0.2, 0) is 4.79 Å². The van der Waals surface area contributed by atoms with Gasteiger partial charge in [-0.05, 0) is 38.6 Å². The maximum atomic E-state index is 11.5. The lowest BCUT2D eigenvalue weighted by molar-refractivity contribution is -0.137. The van der Waals surface area contributed by atoms with E-state index >= 15 is 0 Å². The molecule has 0 spiro atoms. The van der Waals surface area contributed by atoms with Gasteiger partial charge in [0, 0.05) is 12.6 Å². The molecule has 3 nitrogen and oxygen atoms in total. The summed E-state index contributed by atoms with van der Waals surface area (Å²) in [5, 5.41) is 0. The Kier molecular flexibility index (Phi) is 2.52. The van der Waals surface area contributed by atoms with E-state index in [2.05, 4.69) is 11.8 Å². The summed E-state index contributed by atoms with van der Waals surface area (Å²) in [5.41, 5.74) is 5.35. The number of nitrogens with zero attached hydrogens (tertiary/aromatic N) is 1. The Morgan fingerprint density at radius 1 is 1.50 bits per heavy atom. The molecule has 3 fully saturated rings. The first-order chi connectivity index (χ1) is 6.68. The third-order valence-corrected chi connectivity index (χ3v) is 3.97. The maximum Gasteiger partial charge on any atom is 0.224 e. The molecular formula is C11H20N2O. The minimum Gasteiger partial charge on any atom is -0.369 e. The van der Waals surface area contributed by atoms with E-state index in [0.29, 0.717) is 0 Å². The van der Waals surface area contributed by atoms with Crippen LogP contribution in [0.3, 0.4) is 0 Å². The highest BCUT2D eigenvalue weighted by atomic mass is 16.1. The first kappa shape index (κ1) is 9.97. The molecule has 0 atom stereocenters. The maximum absolute atomic E-state index is 11.5. The molecule has 3 rings (SSSR count). The molecule has 14 heavy (non-hydrogen) atoms. The van der Waals surface area contributed by atoms with Crippen LogP contribution in [0.2, 0.25) is 0 Å². The molecule has 1 saturated carbocycles. The van der Waals surface area contributed by atoms with Crippen LogP contribution in [-0.4, -0.2) is 29.9 Å². The average Bonchev–Trinajstić information content (AvgIpc) is 2.20. The van der Waals surface area contributed by atoms with E-state index in [4.69, 9.17) is 5.73 Å². The van der Waals surface area contributed by atoms with Crippen LogP contribution >= 0.6 is 0 Å². The predicted octanol–water partition coefficient (Wildman–Crippen LogP) is 1.13. The molecule has 0 unspecified atom stereocenters. The quantitative estimate of drug-likeness (QED) is 0.735.